The topological polar surface area (TPSA) is 18.5 Å². The number of methoxy groups -OCH3 is 2. The molecule has 0 N–H and O–H groups in total. The Morgan fingerprint density at radius 2 is 1.00 bits per heavy atom. The van der Waals surface area contributed by atoms with Gasteiger partial charge in [0, 0.05) is 14.2 Å². The molecule has 2 unspecified atom stereocenters. The summed E-state index contributed by atoms with van der Waals surface area (Å²) in [6, 6.07) is 3.11. The van der Waals surface area contributed by atoms with Gasteiger partial charge in [0.2, 0.25) is 0 Å². The van der Waals surface area contributed by atoms with Crippen molar-refractivity contribution in [3.63, 3.8) is 0 Å². The molecule has 1 rings (SSSR count). The summed E-state index contributed by atoms with van der Waals surface area (Å²) in [7, 11) is 1.71. The van der Waals surface area contributed by atoms with Crippen LogP contribution in [0.2, 0.25) is 0 Å². The van der Waals surface area contributed by atoms with E-state index in [-0.39, 0.29) is 5.56 Å². The van der Waals surface area contributed by atoms with E-state index in [2.05, 4.69) is 9.47 Å². The van der Waals surface area contributed by atoms with Crippen LogP contribution in [-0.4, -0.2) is 26.6 Å². The minimum absolute atomic E-state index is 0.234. The van der Waals surface area contributed by atoms with E-state index in [1.165, 1.54) is 6.92 Å². The molecule has 2 atom stereocenters. The summed E-state index contributed by atoms with van der Waals surface area (Å²) in [5, 5.41) is 0. The molecule has 132 valence electrons. The lowest BCUT2D eigenvalue weighted by atomic mass is 9.86. The average Bonchev–Trinajstić information content (AvgIpc) is 2.42. The van der Waals surface area contributed by atoms with Crippen LogP contribution in [0.3, 0.4) is 0 Å². The number of aryl methyl sites for hydroxylation is 1. The fourth-order valence-corrected chi connectivity index (χ4v) is 2.13. The molecular weight excluding hydrogens is 326 g/mol. The van der Waals surface area contributed by atoms with Crippen molar-refractivity contribution in [3.8, 4) is 0 Å². The molecule has 2 nitrogen and oxygen atoms in total. The van der Waals surface area contributed by atoms with Crippen molar-refractivity contribution in [1.29, 1.82) is 0 Å². The van der Waals surface area contributed by atoms with E-state index in [0.29, 0.717) is 0 Å². The van der Waals surface area contributed by atoms with E-state index < -0.39 is 34.7 Å². The molecule has 0 spiro atoms. The van der Waals surface area contributed by atoms with Gasteiger partial charge in [0.15, 0.2) is 11.2 Å². The number of hydrogen-bond acceptors (Lipinski definition) is 2. The molecular formula is C15H18F6O2. The highest BCUT2D eigenvalue weighted by atomic mass is 19.4. The number of rotatable bonds is 4. The van der Waals surface area contributed by atoms with E-state index in [4.69, 9.17) is 0 Å². The summed E-state index contributed by atoms with van der Waals surface area (Å²) in [6.07, 6.45) is -9.59. The van der Waals surface area contributed by atoms with Crippen LogP contribution in [0.5, 0.6) is 0 Å². The minimum Gasteiger partial charge on any atom is -0.364 e. The molecule has 0 heterocycles. The second kappa shape index (κ2) is 5.98. The van der Waals surface area contributed by atoms with Crippen LogP contribution in [-0.2, 0) is 20.7 Å². The molecule has 0 amide bonds. The standard InChI is InChI=1S/C15H18F6O2/c1-9-6-10(12(2,22-4)14(16,17)18)8-11(7-9)13(3,23-5)15(19,20)21/h6-8H,1-5H3. The smallest absolute Gasteiger partial charge is 0.364 e. The third-order valence-corrected chi connectivity index (χ3v) is 4.08. The van der Waals surface area contributed by atoms with Crippen LogP contribution in [0.4, 0.5) is 26.3 Å². The van der Waals surface area contributed by atoms with Gasteiger partial charge in [-0.1, -0.05) is 17.7 Å². The first kappa shape index (κ1) is 19.8. The molecule has 0 radical (unpaired) electrons. The monoisotopic (exact) mass is 344 g/mol. The normalized spacial score (nSPS) is 18.4. The summed E-state index contributed by atoms with van der Waals surface area (Å²) >= 11 is 0. The molecule has 0 aromatic heterocycles. The predicted molar refractivity (Wildman–Crippen MR) is 72.0 cm³/mol. The Morgan fingerprint density at radius 1 is 0.696 bits per heavy atom. The molecule has 1 aromatic rings. The predicted octanol–water partition coefficient (Wildman–Crippen LogP) is 4.84. The van der Waals surface area contributed by atoms with Crippen molar-refractivity contribution in [1.82, 2.24) is 0 Å². The molecule has 0 aliphatic rings. The fourth-order valence-electron chi connectivity index (χ4n) is 2.13. The van der Waals surface area contributed by atoms with Crippen LogP contribution in [0.25, 0.3) is 0 Å². The highest BCUT2D eigenvalue weighted by molar-refractivity contribution is 5.37. The van der Waals surface area contributed by atoms with Gasteiger partial charge in [-0.25, -0.2) is 0 Å². The summed E-state index contributed by atoms with van der Waals surface area (Å²) in [5.74, 6) is 0. The van der Waals surface area contributed by atoms with Gasteiger partial charge in [0.25, 0.3) is 0 Å². The fraction of sp³-hybridized carbons (Fsp3) is 0.600. The van der Waals surface area contributed by atoms with Crippen molar-refractivity contribution in [2.24, 2.45) is 0 Å². The number of halogens is 6. The van der Waals surface area contributed by atoms with E-state index in [9.17, 15) is 26.3 Å². The highest BCUT2D eigenvalue weighted by Crippen LogP contribution is 2.46. The zero-order chi connectivity index (χ0) is 18.3. The lowest BCUT2D eigenvalue weighted by molar-refractivity contribution is -0.271. The van der Waals surface area contributed by atoms with Crippen LogP contribution in [0, 0.1) is 6.92 Å². The maximum absolute atomic E-state index is 13.3. The van der Waals surface area contributed by atoms with Gasteiger partial charge >= 0.3 is 12.4 Å². The Balaban J connectivity index is 3.62. The maximum Gasteiger partial charge on any atom is 0.421 e. The van der Waals surface area contributed by atoms with Gasteiger partial charge in [0.1, 0.15) is 0 Å². The van der Waals surface area contributed by atoms with E-state index in [0.717, 1.165) is 46.3 Å². The highest BCUT2D eigenvalue weighted by Gasteiger charge is 2.56. The lowest BCUT2D eigenvalue weighted by Gasteiger charge is -2.35. The van der Waals surface area contributed by atoms with Crippen molar-refractivity contribution in [2.45, 2.75) is 44.3 Å². The van der Waals surface area contributed by atoms with Crippen molar-refractivity contribution in [2.75, 3.05) is 14.2 Å². The first-order valence-corrected chi connectivity index (χ1v) is 6.59. The summed E-state index contributed by atoms with van der Waals surface area (Å²) in [4.78, 5) is 0. The molecule has 1 aromatic carbocycles. The third kappa shape index (κ3) is 3.33. The van der Waals surface area contributed by atoms with E-state index >= 15 is 0 Å². The summed E-state index contributed by atoms with van der Waals surface area (Å²) in [6.45, 7) is 2.94. The Kier molecular flexibility index (Phi) is 5.14. The van der Waals surface area contributed by atoms with Crippen LogP contribution in [0.15, 0.2) is 18.2 Å². The molecule has 0 saturated carbocycles. The van der Waals surface area contributed by atoms with Crippen LogP contribution < -0.4 is 0 Å². The minimum atomic E-state index is -4.80. The van der Waals surface area contributed by atoms with Crippen molar-refractivity contribution >= 4 is 0 Å². The van der Waals surface area contributed by atoms with Crippen LogP contribution in [0.1, 0.15) is 30.5 Å². The Bertz CT molecular complexity index is 520. The van der Waals surface area contributed by atoms with E-state index in [1.807, 2.05) is 0 Å². The van der Waals surface area contributed by atoms with E-state index in [1.54, 1.807) is 0 Å². The molecule has 0 saturated heterocycles. The molecule has 23 heavy (non-hydrogen) atoms. The first-order valence-electron chi connectivity index (χ1n) is 6.59. The molecule has 0 fully saturated rings. The Hall–Kier alpha value is -1.28. The number of hydrogen-bond donors (Lipinski definition) is 0. The number of benzene rings is 1. The third-order valence-electron chi connectivity index (χ3n) is 4.08. The van der Waals surface area contributed by atoms with Gasteiger partial charge in [-0.3, -0.25) is 0 Å². The Labute approximate surface area is 130 Å². The number of alkyl halides is 6. The summed E-state index contributed by atoms with van der Waals surface area (Å²) < 4.78 is 88.9. The second-order valence-corrected chi connectivity index (χ2v) is 5.56. The lowest BCUT2D eigenvalue weighted by Crippen LogP contribution is -2.43. The Morgan fingerprint density at radius 3 is 1.22 bits per heavy atom. The SMILES string of the molecule is COC(C)(c1cc(C)cc(C(C)(OC)C(F)(F)F)c1)C(F)(F)F. The zero-order valence-corrected chi connectivity index (χ0v) is 13.3. The second-order valence-electron chi connectivity index (χ2n) is 5.56. The molecule has 0 aliphatic carbocycles. The molecule has 0 aliphatic heterocycles. The maximum atomic E-state index is 13.3. The van der Waals surface area contributed by atoms with Crippen LogP contribution >= 0.6 is 0 Å². The van der Waals surface area contributed by atoms with Gasteiger partial charge < -0.3 is 9.47 Å². The number of ether oxygens (including phenoxy) is 2. The average molecular weight is 344 g/mol. The quantitative estimate of drug-likeness (QED) is 0.728. The molecule has 0 bridgehead atoms. The first-order chi connectivity index (χ1) is 10.2. The van der Waals surface area contributed by atoms with Gasteiger partial charge in [-0.15, -0.1) is 0 Å². The van der Waals surface area contributed by atoms with Crippen molar-refractivity contribution in [3.05, 3.63) is 34.9 Å². The van der Waals surface area contributed by atoms with Gasteiger partial charge in [-0.05, 0) is 38.0 Å². The van der Waals surface area contributed by atoms with Crippen molar-refractivity contribution < 1.29 is 35.8 Å². The zero-order valence-electron chi connectivity index (χ0n) is 13.3. The largest absolute Gasteiger partial charge is 0.421 e. The molecule has 8 heteroatoms. The van der Waals surface area contributed by atoms with Gasteiger partial charge in [0.05, 0.1) is 0 Å². The summed E-state index contributed by atoms with van der Waals surface area (Å²) in [5.41, 5.74) is -6.07. The van der Waals surface area contributed by atoms with Gasteiger partial charge in [-0.2, -0.15) is 26.3 Å².